The van der Waals surface area contributed by atoms with Crippen molar-refractivity contribution in [2.75, 3.05) is 0 Å². The lowest BCUT2D eigenvalue weighted by molar-refractivity contribution is 0.0952. The number of pyridine rings is 1. The molecule has 3 nitrogen and oxygen atoms in total. The van der Waals surface area contributed by atoms with Gasteiger partial charge in [-0.25, -0.2) is 4.98 Å². The summed E-state index contributed by atoms with van der Waals surface area (Å²) in [6.07, 6.45) is 0. The number of hydrogen-bond donors (Lipinski definition) is 1. The SMILES string of the molecule is O=C(NCc1ccc(Cl)cc1)c1cc(-c2cccc(Br)c2)nc2ccccc12. The Morgan fingerprint density at radius 2 is 1.75 bits per heavy atom. The maximum absolute atomic E-state index is 13.0. The lowest BCUT2D eigenvalue weighted by Crippen LogP contribution is -2.23. The van der Waals surface area contributed by atoms with Crippen molar-refractivity contribution in [2.45, 2.75) is 6.54 Å². The van der Waals surface area contributed by atoms with Crippen molar-refractivity contribution < 1.29 is 4.79 Å². The summed E-state index contributed by atoms with van der Waals surface area (Å²) in [6, 6.07) is 24.9. The van der Waals surface area contributed by atoms with Crippen LogP contribution in [0.15, 0.2) is 83.3 Å². The lowest BCUT2D eigenvalue weighted by atomic mass is 10.0. The van der Waals surface area contributed by atoms with Crippen molar-refractivity contribution in [3.8, 4) is 11.3 Å². The molecule has 0 saturated carbocycles. The number of carbonyl (C=O) groups is 1. The maximum Gasteiger partial charge on any atom is 0.252 e. The van der Waals surface area contributed by atoms with Crippen LogP contribution in [0, 0.1) is 0 Å². The number of rotatable bonds is 4. The summed E-state index contributed by atoms with van der Waals surface area (Å²) < 4.78 is 0.966. The van der Waals surface area contributed by atoms with Gasteiger partial charge in [0.1, 0.15) is 0 Å². The highest BCUT2D eigenvalue weighted by Crippen LogP contribution is 2.26. The highest BCUT2D eigenvalue weighted by molar-refractivity contribution is 9.10. The molecule has 0 spiro atoms. The average Bonchev–Trinajstić information content (AvgIpc) is 2.72. The third kappa shape index (κ3) is 4.08. The molecule has 4 rings (SSSR count). The van der Waals surface area contributed by atoms with Gasteiger partial charge in [-0.05, 0) is 42.0 Å². The number of fused-ring (bicyclic) bond motifs is 1. The molecular weight excluding hydrogens is 436 g/mol. The minimum atomic E-state index is -0.134. The van der Waals surface area contributed by atoms with Crippen LogP contribution >= 0.6 is 27.5 Å². The first-order valence-electron chi connectivity index (χ1n) is 8.78. The normalized spacial score (nSPS) is 10.8. The number of aromatic nitrogens is 1. The van der Waals surface area contributed by atoms with E-state index in [1.165, 1.54) is 0 Å². The standard InChI is InChI=1S/C23H16BrClN2O/c24-17-5-3-4-16(12-17)22-13-20(19-6-1-2-7-21(19)27-22)23(28)26-14-15-8-10-18(25)11-9-15/h1-13H,14H2,(H,26,28). The molecule has 0 saturated heterocycles. The van der Waals surface area contributed by atoms with E-state index >= 15 is 0 Å². The molecule has 0 aliphatic carbocycles. The number of nitrogens with one attached hydrogen (secondary N) is 1. The fourth-order valence-corrected chi connectivity index (χ4v) is 3.56. The maximum atomic E-state index is 13.0. The summed E-state index contributed by atoms with van der Waals surface area (Å²) in [7, 11) is 0. The minimum absolute atomic E-state index is 0.134. The van der Waals surface area contributed by atoms with E-state index in [2.05, 4.69) is 21.2 Å². The Morgan fingerprint density at radius 1 is 0.964 bits per heavy atom. The molecular formula is C23H16BrClN2O. The first kappa shape index (κ1) is 18.7. The van der Waals surface area contributed by atoms with Gasteiger partial charge in [-0.2, -0.15) is 0 Å². The second-order valence-corrected chi connectivity index (χ2v) is 7.74. The van der Waals surface area contributed by atoms with Gasteiger partial charge >= 0.3 is 0 Å². The van der Waals surface area contributed by atoms with Crippen LogP contribution in [-0.2, 0) is 6.54 Å². The lowest BCUT2D eigenvalue weighted by Gasteiger charge is -2.11. The Bertz CT molecular complexity index is 1160. The molecule has 138 valence electrons. The average molecular weight is 452 g/mol. The Hall–Kier alpha value is -2.69. The number of hydrogen-bond acceptors (Lipinski definition) is 2. The van der Waals surface area contributed by atoms with E-state index < -0.39 is 0 Å². The predicted octanol–water partition coefficient (Wildman–Crippen LogP) is 6.25. The zero-order valence-electron chi connectivity index (χ0n) is 14.8. The zero-order valence-corrected chi connectivity index (χ0v) is 17.2. The van der Waals surface area contributed by atoms with E-state index in [9.17, 15) is 4.79 Å². The van der Waals surface area contributed by atoms with E-state index in [-0.39, 0.29) is 5.91 Å². The number of halogens is 2. The van der Waals surface area contributed by atoms with Crippen molar-refractivity contribution in [3.63, 3.8) is 0 Å². The van der Waals surface area contributed by atoms with Crippen LogP contribution in [0.25, 0.3) is 22.2 Å². The second kappa shape index (κ2) is 8.13. The van der Waals surface area contributed by atoms with Gasteiger partial charge in [0.25, 0.3) is 5.91 Å². The number of amides is 1. The summed E-state index contributed by atoms with van der Waals surface area (Å²) in [6.45, 7) is 0.429. The summed E-state index contributed by atoms with van der Waals surface area (Å²) in [4.78, 5) is 17.7. The monoisotopic (exact) mass is 450 g/mol. The third-order valence-electron chi connectivity index (χ3n) is 4.45. The van der Waals surface area contributed by atoms with Crippen molar-refractivity contribution in [3.05, 3.63) is 99.5 Å². The smallest absolute Gasteiger partial charge is 0.252 e. The molecule has 3 aromatic carbocycles. The molecule has 0 unspecified atom stereocenters. The molecule has 0 radical (unpaired) electrons. The van der Waals surface area contributed by atoms with Crippen molar-refractivity contribution >= 4 is 44.3 Å². The molecule has 1 N–H and O–H groups in total. The van der Waals surface area contributed by atoms with Crippen LogP contribution < -0.4 is 5.32 Å². The Morgan fingerprint density at radius 3 is 2.54 bits per heavy atom. The zero-order chi connectivity index (χ0) is 19.5. The Kier molecular flexibility index (Phi) is 5.42. The van der Waals surface area contributed by atoms with Crippen molar-refractivity contribution in [2.24, 2.45) is 0 Å². The predicted molar refractivity (Wildman–Crippen MR) is 118 cm³/mol. The van der Waals surface area contributed by atoms with Crippen molar-refractivity contribution in [1.29, 1.82) is 0 Å². The Balaban J connectivity index is 1.70. The van der Waals surface area contributed by atoms with E-state index in [1.54, 1.807) is 0 Å². The van der Waals surface area contributed by atoms with Crippen LogP contribution in [0.3, 0.4) is 0 Å². The molecule has 4 aromatic rings. The molecule has 1 aromatic heterocycles. The second-order valence-electron chi connectivity index (χ2n) is 6.39. The molecule has 0 aliphatic heterocycles. The van der Waals surface area contributed by atoms with Crippen LogP contribution in [0.1, 0.15) is 15.9 Å². The van der Waals surface area contributed by atoms with Gasteiger partial charge in [0.05, 0.1) is 16.8 Å². The Labute approximate surface area is 176 Å². The first-order valence-corrected chi connectivity index (χ1v) is 9.95. The van der Waals surface area contributed by atoms with Gasteiger partial charge < -0.3 is 5.32 Å². The van der Waals surface area contributed by atoms with Crippen molar-refractivity contribution in [1.82, 2.24) is 10.3 Å². The van der Waals surface area contributed by atoms with Crippen LogP contribution in [0.4, 0.5) is 0 Å². The molecule has 0 aliphatic rings. The molecule has 5 heteroatoms. The first-order chi connectivity index (χ1) is 13.6. The topological polar surface area (TPSA) is 42.0 Å². The molecule has 1 heterocycles. The van der Waals surface area contributed by atoms with Gasteiger partial charge in [-0.1, -0.05) is 70.0 Å². The number of para-hydroxylation sites is 1. The highest BCUT2D eigenvalue weighted by atomic mass is 79.9. The number of carbonyl (C=O) groups excluding carboxylic acids is 1. The molecule has 28 heavy (non-hydrogen) atoms. The number of benzene rings is 3. The summed E-state index contributed by atoms with van der Waals surface area (Å²) in [5, 5.41) is 4.50. The molecule has 0 fully saturated rings. The minimum Gasteiger partial charge on any atom is -0.348 e. The summed E-state index contributed by atoms with van der Waals surface area (Å²) in [5.41, 5.74) is 4.10. The van der Waals surface area contributed by atoms with Gasteiger partial charge in [0.2, 0.25) is 0 Å². The van der Waals surface area contributed by atoms with E-state index in [1.807, 2.05) is 78.9 Å². The van der Waals surface area contributed by atoms with E-state index in [0.29, 0.717) is 17.1 Å². The summed E-state index contributed by atoms with van der Waals surface area (Å²) >= 11 is 9.42. The highest BCUT2D eigenvalue weighted by Gasteiger charge is 2.14. The van der Waals surface area contributed by atoms with Gasteiger partial charge in [-0.3, -0.25) is 4.79 Å². The van der Waals surface area contributed by atoms with Gasteiger partial charge in [0.15, 0.2) is 0 Å². The fraction of sp³-hybridized carbons (Fsp3) is 0.0435. The largest absolute Gasteiger partial charge is 0.348 e. The van der Waals surface area contributed by atoms with Crippen LogP contribution in [-0.4, -0.2) is 10.9 Å². The van der Waals surface area contributed by atoms with E-state index in [0.717, 1.165) is 32.2 Å². The molecule has 0 bridgehead atoms. The van der Waals surface area contributed by atoms with Gasteiger partial charge in [0, 0.05) is 27.0 Å². The van der Waals surface area contributed by atoms with Crippen LogP contribution in [0.2, 0.25) is 5.02 Å². The van der Waals surface area contributed by atoms with Gasteiger partial charge in [-0.15, -0.1) is 0 Å². The quantitative estimate of drug-likeness (QED) is 0.398. The summed E-state index contributed by atoms with van der Waals surface area (Å²) in [5.74, 6) is -0.134. The van der Waals surface area contributed by atoms with E-state index in [4.69, 9.17) is 16.6 Å². The molecule has 0 atom stereocenters. The number of nitrogens with zero attached hydrogens (tertiary/aromatic N) is 1. The fourth-order valence-electron chi connectivity index (χ4n) is 3.04. The third-order valence-corrected chi connectivity index (χ3v) is 5.19. The van der Waals surface area contributed by atoms with Crippen LogP contribution in [0.5, 0.6) is 0 Å². The molecule has 1 amide bonds.